The number of ether oxygens (including phenoxy) is 2. The molecular formula is C15H31NO2. The average Bonchev–Trinajstić information content (AvgIpc) is 2.35. The summed E-state index contributed by atoms with van der Waals surface area (Å²) >= 11 is 0. The van der Waals surface area contributed by atoms with E-state index < -0.39 is 0 Å². The van der Waals surface area contributed by atoms with Gasteiger partial charge in [0.1, 0.15) is 0 Å². The maximum absolute atomic E-state index is 5.87. The lowest BCUT2D eigenvalue weighted by atomic mass is 10.0. The molecule has 0 bridgehead atoms. The molecule has 108 valence electrons. The molecule has 0 N–H and O–H groups in total. The second-order valence-corrected chi connectivity index (χ2v) is 5.66. The number of hydrogen-bond acceptors (Lipinski definition) is 3. The van der Waals surface area contributed by atoms with Crippen LogP contribution in [0.15, 0.2) is 0 Å². The molecule has 0 saturated carbocycles. The summed E-state index contributed by atoms with van der Waals surface area (Å²) in [6.45, 7) is 12.6. The van der Waals surface area contributed by atoms with Gasteiger partial charge in [-0.25, -0.2) is 0 Å². The summed E-state index contributed by atoms with van der Waals surface area (Å²) < 4.78 is 11.4. The standard InChI is InChI=1S/C15H31NO2/c1-5-6-14(4)16-9-7-15(8-10-16)18-12-11-17-13(2)3/h13-15H,5-12H2,1-4H3. The van der Waals surface area contributed by atoms with Crippen LogP contribution in [0.2, 0.25) is 0 Å². The van der Waals surface area contributed by atoms with E-state index in [9.17, 15) is 0 Å². The van der Waals surface area contributed by atoms with Gasteiger partial charge in [-0.3, -0.25) is 0 Å². The minimum atomic E-state index is 0.311. The van der Waals surface area contributed by atoms with Gasteiger partial charge in [-0.05, 0) is 40.0 Å². The Morgan fingerprint density at radius 1 is 1.11 bits per heavy atom. The van der Waals surface area contributed by atoms with Crippen LogP contribution in [-0.4, -0.2) is 49.5 Å². The molecule has 0 amide bonds. The monoisotopic (exact) mass is 257 g/mol. The highest BCUT2D eigenvalue weighted by Gasteiger charge is 2.22. The van der Waals surface area contributed by atoms with Crippen molar-refractivity contribution in [1.82, 2.24) is 4.90 Å². The Hall–Kier alpha value is -0.120. The molecule has 0 aromatic rings. The van der Waals surface area contributed by atoms with Gasteiger partial charge < -0.3 is 14.4 Å². The molecule has 0 aliphatic carbocycles. The third kappa shape index (κ3) is 6.17. The largest absolute Gasteiger partial charge is 0.376 e. The van der Waals surface area contributed by atoms with Crippen LogP contribution in [0.4, 0.5) is 0 Å². The smallest absolute Gasteiger partial charge is 0.0704 e. The first-order valence-electron chi connectivity index (χ1n) is 7.60. The Morgan fingerprint density at radius 2 is 1.78 bits per heavy atom. The molecule has 1 aliphatic rings. The number of rotatable bonds is 8. The van der Waals surface area contributed by atoms with E-state index in [-0.39, 0.29) is 0 Å². The van der Waals surface area contributed by atoms with Crippen molar-refractivity contribution in [2.75, 3.05) is 26.3 Å². The van der Waals surface area contributed by atoms with E-state index in [4.69, 9.17) is 9.47 Å². The van der Waals surface area contributed by atoms with Crippen molar-refractivity contribution in [3.63, 3.8) is 0 Å². The Labute approximate surface area is 113 Å². The van der Waals surface area contributed by atoms with Crippen LogP contribution in [-0.2, 0) is 9.47 Å². The van der Waals surface area contributed by atoms with E-state index in [1.165, 1.54) is 38.8 Å². The minimum Gasteiger partial charge on any atom is -0.376 e. The molecule has 18 heavy (non-hydrogen) atoms. The zero-order valence-corrected chi connectivity index (χ0v) is 12.7. The summed E-state index contributed by atoms with van der Waals surface area (Å²) in [5.74, 6) is 0. The summed E-state index contributed by atoms with van der Waals surface area (Å²) in [7, 11) is 0. The highest BCUT2D eigenvalue weighted by molar-refractivity contribution is 4.76. The number of piperidine rings is 1. The van der Waals surface area contributed by atoms with Crippen molar-refractivity contribution >= 4 is 0 Å². The first-order valence-corrected chi connectivity index (χ1v) is 7.60. The molecule has 0 aromatic carbocycles. The fourth-order valence-corrected chi connectivity index (χ4v) is 2.58. The van der Waals surface area contributed by atoms with Gasteiger partial charge in [0.25, 0.3) is 0 Å². The molecule has 1 atom stereocenters. The molecule has 1 heterocycles. The van der Waals surface area contributed by atoms with Crippen molar-refractivity contribution in [2.24, 2.45) is 0 Å². The van der Waals surface area contributed by atoms with Crippen molar-refractivity contribution in [3.05, 3.63) is 0 Å². The zero-order valence-electron chi connectivity index (χ0n) is 12.7. The van der Waals surface area contributed by atoms with Gasteiger partial charge in [-0.15, -0.1) is 0 Å². The van der Waals surface area contributed by atoms with E-state index >= 15 is 0 Å². The molecule has 1 unspecified atom stereocenters. The van der Waals surface area contributed by atoms with E-state index in [1.807, 2.05) is 0 Å². The van der Waals surface area contributed by atoms with Crippen LogP contribution in [0.1, 0.15) is 53.4 Å². The third-order valence-electron chi connectivity index (χ3n) is 3.69. The highest BCUT2D eigenvalue weighted by atomic mass is 16.5. The number of nitrogens with zero attached hydrogens (tertiary/aromatic N) is 1. The summed E-state index contributed by atoms with van der Waals surface area (Å²) in [5.41, 5.74) is 0. The van der Waals surface area contributed by atoms with E-state index in [2.05, 4.69) is 32.6 Å². The first kappa shape index (κ1) is 15.9. The molecular weight excluding hydrogens is 226 g/mol. The SMILES string of the molecule is CCCC(C)N1CCC(OCCOC(C)C)CC1. The third-order valence-corrected chi connectivity index (χ3v) is 3.69. The Morgan fingerprint density at radius 3 is 2.33 bits per heavy atom. The van der Waals surface area contributed by atoms with Gasteiger partial charge in [0.05, 0.1) is 25.4 Å². The van der Waals surface area contributed by atoms with Crippen LogP contribution in [0, 0.1) is 0 Å². The van der Waals surface area contributed by atoms with E-state index in [1.54, 1.807) is 0 Å². The van der Waals surface area contributed by atoms with Gasteiger partial charge in [0, 0.05) is 19.1 Å². The van der Waals surface area contributed by atoms with Crippen molar-refractivity contribution < 1.29 is 9.47 Å². The second kappa shape index (κ2) is 8.89. The molecule has 1 aliphatic heterocycles. The summed E-state index contributed by atoms with van der Waals surface area (Å²) in [4.78, 5) is 2.61. The van der Waals surface area contributed by atoms with Gasteiger partial charge in [-0.2, -0.15) is 0 Å². The van der Waals surface area contributed by atoms with Crippen LogP contribution in [0.3, 0.4) is 0 Å². The van der Waals surface area contributed by atoms with Gasteiger partial charge in [0.15, 0.2) is 0 Å². The molecule has 0 radical (unpaired) electrons. The molecule has 0 spiro atoms. The first-order chi connectivity index (χ1) is 8.63. The second-order valence-electron chi connectivity index (χ2n) is 5.66. The van der Waals surface area contributed by atoms with Crippen LogP contribution in [0.25, 0.3) is 0 Å². The zero-order chi connectivity index (χ0) is 13.4. The van der Waals surface area contributed by atoms with Gasteiger partial charge in [-0.1, -0.05) is 13.3 Å². The van der Waals surface area contributed by atoms with Crippen molar-refractivity contribution in [1.29, 1.82) is 0 Å². The summed E-state index contributed by atoms with van der Waals surface area (Å²) in [5, 5.41) is 0. The highest BCUT2D eigenvalue weighted by Crippen LogP contribution is 2.17. The van der Waals surface area contributed by atoms with Crippen LogP contribution >= 0.6 is 0 Å². The molecule has 3 nitrogen and oxygen atoms in total. The Kier molecular flexibility index (Phi) is 7.87. The molecule has 3 heteroatoms. The molecule has 0 aromatic heterocycles. The number of likely N-dealkylation sites (tertiary alicyclic amines) is 1. The normalized spacial score (nSPS) is 20.5. The maximum atomic E-state index is 5.87. The quantitative estimate of drug-likeness (QED) is 0.624. The lowest BCUT2D eigenvalue weighted by Crippen LogP contribution is -2.42. The van der Waals surface area contributed by atoms with Gasteiger partial charge in [0.2, 0.25) is 0 Å². The Bertz CT molecular complexity index is 201. The predicted octanol–water partition coefficient (Wildman–Crippen LogP) is 3.08. The fraction of sp³-hybridized carbons (Fsp3) is 1.00. The molecule has 1 fully saturated rings. The minimum absolute atomic E-state index is 0.311. The fourth-order valence-electron chi connectivity index (χ4n) is 2.58. The van der Waals surface area contributed by atoms with Crippen LogP contribution in [0.5, 0.6) is 0 Å². The van der Waals surface area contributed by atoms with E-state index in [0.29, 0.717) is 12.2 Å². The average molecular weight is 257 g/mol. The van der Waals surface area contributed by atoms with Crippen molar-refractivity contribution in [3.8, 4) is 0 Å². The predicted molar refractivity (Wildman–Crippen MR) is 76.0 cm³/mol. The number of hydrogen-bond donors (Lipinski definition) is 0. The summed E-state index contributed by atoms with van der Waals surface area (Å²) in [6, 6.07) is 0.736. The van der Waals surface area contributed by atoms with Gasteiger partial charge >= 0.3 is 0 Å². The topological polar surface area (TPSA) is 21.7 Å². The molecule has 1 saturated heterocycles. The Balaban J connectivity index is 2.08. The lowest BCUT2D eigenvalue weighted by molar-refractivity contribution is -0.0375. The van der Waals surface area contributed by atoms with Crippen molar-refractivity contribution in [2.45, 2.75) is 71.6 Å². The molecule has 1 rings (SSSR count). The van der Waals surface area contributed by atoms with Crippen LogP contribution < -0.4 is 0 Å². The lowest BCUT2D eigenvalue weighted by Gasteiger charge is -2.36. The maximum Gasteiger partial charge on any atom is 0.0704 e. The van der Waals surface area contributed by atoms with E-state index in [0.717, 1.165) is 19.3 Å². The summed E-state index contributed by atoms with van der Waals surface area (Å²) in [6.07, 6.45) is 5.71.